The Bertz CT molecular complexity index is 1180. The molecule has 0 amide bonds. The summed E-state index contributed by atoms with van der Waals surface area (Å²) in [6.07, 6.45) is 0. The van der Waals surface area contributed by atoms with Gasteiger partial charge in [0.2, 0.25) is 5.43 Å². The maximum atomic E-state index is 13.3. The van der Waals surface area contributed by atoms with Crippen LogP contribution in [0.1, 0.15) is 23.0 Å². The van der Waals surface area contributed by atoms with E-state index in [4.69, 9.17) is 46.4 Å². The van der Waals surface area contributed by atoms with Crippen molar-refractivity contribution in [1.29, 1.82) is 0 Å². The number of aromatic nitrogens is 1. The number of pyridine rings is 1. The zero-order chi connectivity index (χ0) is 21.5. The van der Waals surface area contributed by atoms with E-state index in [2.05, 4.69) is 0 Å². The van der Waals surface area contributed by atoms with Crippen LogP contribution in [0.5, 0.6) is 0 Å². The fraction of sp³-hybridized carbons (Fsp3) is 0.143. The van der Waals surface area contributed by atoms with Gasteiger partial charge in [0.05, 0.1) is 15.7 Å². The van der Waals surface area contributed by atoms with E-state index >= 15 is 0 Å². The van der Waals surface area contributed by atoms with Crippen LogP contribution >= 0.6 is 46.4 Å². The Morgan fingerprint density at radius 1 is 0.966 bits per heavy atom. The Morgan fingerprint density at radius 2 is 1.59 bits per heavy atom. The molecule has 0 atom stereocenters. The van der Waals surface area contributed by atoms with Gasteiger partial charge in [0.1, 0.15) is 5.56 Å². The highest BCUT2D eigenvalue weighted by Gasteiger charge is 2.26. The lowest BCUT2D eigenvalue weighted by molar-refractivity contribution is 0.0695. The molecule has 0 spiro atoms. The summed E-state index contributed by atoms with van der Waals surface area (Å²) in [5.74, 6) is -1.34. The zero-order valence-corrected chi connectivity index (χ0v) is 18.4. The van der Waals surface area contributed by atoms with Gasteiger partial charge in [0.15, 0.2) is 0 Å². The number of carboxylic acids is 1. The minimum atomic E-state index is -1.34. The molecule has 3 rings (SSSR count). The summed E-state index contributed by atoms with van der Waals surface area (Å²) in [6.45, 7) is 4.03. The predicted molar refractivity (Wildman–Crippen MR) is 119 cm³/mol. The Labute approximate surface area is 187 Å². The maximum Gasteiger partial charge on any atom is 0.341 e. The molecule has 3 aromatic rings. The van der Waals surface area contributed by atoms with E-state index in [1.807, 2.05) is 6.92 Å². The summed E-state index contributed by atoms with van der Waals surface area (Å²) in [5.41, 5.74) is 1.03. The quantitative estimate of drug-likeness (QED) is 0.454. The van der Waals surface area contributed by atoms with Crippen LogP contribution in [0.25, 0.3) is 22.4 Å². The van der Waals surface area contributed by atoms with E-state index in [0.29, 0.717) is 38.4 Å². The first kappa shape index (κ1) is 21.7. The van der Waals surface area contributed by atoms with Crippen LogP contribution in [0.4, 0.5) is 0 Å². The number of carboxylic acid groups (broad SMARTS) is 1. The minimum Gasteiger partial charge on any atom is -0.477 e. The second-order valence-corrected chi connectivity index (χ2v) is 8.04. The molecule has 0 fully saturated rings. The lowest BCUT2D eigenvalue weighted by atomic mass is 9.96. The van der Waals surface area contributed by atoms with E-state index in [-0.39, 0.29) is 21.8 Å². The van der Waals surface area contributed by atoms with Gasteiger partial charge in [0.25, 0.3) is 0 Å². The van der Waals surface area contributed by atoms with Gasteiger partial charge in [0, 0.05) is 33.4 Å². The van der Waals surface area contributed by atoms with E-state index in [0.717, 1.165) is 0 Å². The van der Waals surface area contributed by atoms with Gasteiger partial charge in [-0.25, -0.2) is 4.79 Å². The fourth-order valence-corrected chi connectivity index (χ4v) is 4.23. The number of benzene rings is 2. The van der Waals surface area contributed by atoms with Gasteiger partial charge < -0.3 is 9.67 Å². The van der Waals surface area contributed by atoms with Gasteiger partial charge >= 0.3 is 5.97 Å². The van der Waals surface area contributed by atoms with Gasteiger partial charge in [-0.3, -0.25) is 4.79 Å². The van der Waals surface area contributed by atoms with Gasteiger partial charge in [-0.2, -0.15) is 0 Å². The molecule has 29 heavy (non-hydrogen) atoms. The summed E-state index contributed by atoms with van der Waals surface area (Å²) in [7, 11) is 0. The normalized spacial score (nSPS) is 11.0. The van der Waals surface area contributed by atoms with Crippen molar-refractivity contribution >= 4 is 52.4 Å². The lowest BCUT2D eigenvalue weighted by Crippen LogP contribution is -2.25. The number of hydrogen-bond acceptors (Lipinski definition) is 2. The number of carbonyl (C=O) groups is 1. The Balaban J connectivity index is 2.47. The van der Waals surface area contributed by atoms with Crippen LogP contribution in [0.3, 0.4) is 0 Å². The molecule has 0 aliphatic heterocycles. The minimum absolute atomic E-state index is 0.234. The van der Waals surface area contributed by atoms with E-state index in [1.165, 1.54) is 0 Å². The molecular formula is C21H15Cl4NO3. The molecule has 0 saturated carbocycles. The third-order valence-electron chi connectivity index (χ3n) is 4.60. The van der Waals surface area contributed by atoms with Crippen LogP contribution in [0.15, 0.2) is 41.2 Å². The molecule has 1 heterocycles. The van der Waals surface area contributed by atoms with Gasteiger partial charge in [-0.15, -0.1) is 0 Å². The Hall–Kier alpha value is -1.98. The van der Waals surface area contributed by atoms with Gasteiger partial charge in [-0.1, -0.05) is 52.5 Å². The van der Waals surface area contributed by atoms with Crippen LogP contribution in [-0.4, -0.2) is 15.6 Å². The zero-order valence-electron chi connectivity index (χ0n) is 15.4. The number of rotatable bonds is 4. The number of hydrogen-bond donors (Lipinski definition) is 1. The first-order chi connectivity index (χ1) is 13.6. The van der Waals surface area contributed by atoms with Crippen molar-refractivity contribution in [2.45, 2.75) is 20.4 Å². The molecule has 0 saturated heterocycles. The van der Waals surface area contributed by atoms with Crippen molar-refractivity contribution in [3.8, 4) is 22.4 Å². The molecule has 4 nitrogen and oxygen atoms in total. The average molecular weight is 471 g/mol. The lowest BCUT2D eigenvalue weighted by Gasteiger charge is -2.21. The third kappa shape index (κ3) is 4.03. The topological polar surface area (TPSA) is 59.3 Å². The smallest absolute Gasteiger partial charge is 0.341 e. The summed E-state index contributed by atoms with van der Waals surface area (Å²) in [6, 6.07) is 9.46. The molecule has 0 unspecified atom stereocenters. The molecule has 150 valence electrons. The highest BCUT2D eigenvalue weighted by Crippen LogP contribution is 2.34. The number of halogens is 4. The number of nitrogens with zero attached hydrogens (tertiary/aromatic N) is 1. The first-order valence-electron chi connectivity index (χ1n) is 8.58. The summed E-state index contributed by atoms with van der Waals surface area (Å²) in [4.78, 5) is 25.5. The molecule has 0 bridgehead atoms. The van der Waals surface area contributed by atoms with Crippen molar-refractivity contribution in [2.75, 3.05) is 0 Å². The fourth-order valence-electron chi connectivity index (χ4n) is 3.41. The Kier molecular flexibility index (Phi) is 6.30. The molecule has 1 aromatic heterocycles. The highest BCUT2D eigenvalue weighted by atomic mass is 35.5. The first-order valence-corrected chi connectivity index (χ1v) is 10.1. The molecule has 1 N–H and O–H groups in total. The standard InChI is InChI=1S/C21H15Cl4NO3/c1-3-26-10(2)17(12-6-13(22)9-14(23)7-12)20(27)18(21(28)29)19(26)11-4-5-15(24)16(25)8-11/h4-9H,3H2,1-2H3,(H,28,29). The van der Waals surface area contributed by atoms with Crippen LogP contribution < -0.4 is 5.43 Å². The summed E-state index contributed by atoms with van der Waals surface area (Å²) >= 11 is 24.3. The molecule has 8 heteroatoms. The summed E-state index contributed by atoms with van der Waals surface area (Å²) in [5, 5.41) is 11.2. The maximum absolute atomic E-state index is 13.3. The largest absolute Gasteiger partial charge is 0.477 e. The molecule has 0 radical (unpaired) electrons. The van der Waals surface area contributed by atoms with E-state index in [9.17, 15) is 14.7 Å². The van der Waals surface area contributed by atoms with E-state index in [1.54, 1.807) is 47.9 Å². The second-order valence-electron chi connectivity index (χ2n) is 6.35. The molecule has 2 aromatic carbocycles. The average Bonchev–Trinajstić information content (AvgIpc) is 2.62. The van der Waals surface area contributed by atoms with Crippen LogP contribution in [0.2, 0.25) is 20.1 Å². The SMILES string of the molecule is CCn1c(C)c(-c2cc(Cl)cc(Cl)c2)c(=O)c(C(=O)O)c1-c1ccc(Cl)c(Cl)c1. The molecule has 0 aliphatic rings. The van der Waals surface area contributed by atoms with E-state index < -0.39 is 11.4 Å². The summed E-state index contributed by atoms with van der Waals surface area (Å²) < 4.78 is 1.76. The highest BCUT2D eigenvalue weighted by molar-refractivity contribution is 6.42. The van der Waals surface area contributed by atoms with Crippen LogP contribution in [-0.2, 0) is 6.54 Å². The van der Waals surface area contributed by atoms with Crippen molar-refractivity contribution in [3.05, 3.63) is 78.0 Å². The van der Waals surface area contributed by atoms with Crippen LogP contribution in [0, 0.1) is 6.92 Å². The van der Waals surface area contributed by atoms with Gasteiger partial charge in [-0.05, 0) is 49.7 Å². The van der Waals surface area contributed by atoms with Crippen molar-refractivity contribution in [3.63, 3.8) is 0 Å². The molecular weight excluding hydrogens is 456 g/mol. The molecule has 0 aliphatic carbocycles. The number of aromatic carboxylic acids is 1. The van der Waals surface area contributed by atoms with Crippen molar-refractivity contribution in [1.82, 2.24) is 4.57 Å². The third-order valence-corrected chi connectivity index (χ3v) is 5.78. The second kappa shape index (κ2) is 8.41. The van der Waals surface area contributed by atoms with Crippen molar-refractivity contribution in [2.24, 2.45) is 0 Å². The Morgan fingerprint density at radius 3 is 2.10 bits per heavy atom. The monoisotopic (exact) mass is 469 g/mol. The predicted octanol–water partition coefficient (Wildman–Crippen LogP) is 6.82. The van der Waals surface area contributed by atoms with Crippen molar-refractivity contribution < 1.29 is 9.90 Å².